The number of halogens is 2. The van der Waals surface area contributed by atoms with Crippen LogP contribution < -0.4 is 0 Å². The molecule has 3 rings (SSSR count). The smallest absolute Gasteiger partial charge is 0.160 e. The summed E-state index contributed by atoms with van der Waals surface area (Å²) in [5.74, 6) is -1.09. The van der Waals surface area contributed by atoms with Crippen LogP contribution in [0.5, 0.6) is 0 Å². The van der Waals surface area contributed by atoms with Crippen molar-refractivity contribution in [1.82, 2.24) is 14.6 Å². The van der Waals surface area contributed by atoms with Crippen LogP contribution in [-0.2, 0) is 6.42 Å². The van der Waals surface area contributed by atoms with Gasteiger partial charge in [0, 0.05) is 18.7 Å². The summed E-state index contributed by atoms with van der Waals surface area (Å²) in [6.07, 6.45) is 3.82. The quantitative estimate of drug-likeness (QED) is 0.694. The van der Waals surface area contributed by atoms with Gasteiger partial charge in [-0.15, -0.1) is 10.2 Å². The van der Waals surface area contributed by atoms with E-state index in [-0.39, 0.29) is 0 Å². The maximum atomic E-state index is 13.5. The molecule has 0 fully saturated rings. The molecule has 1 aromatic carbocycles. The van der Waals surface area contributed by atoms with Gasteiger partial charge in [0.2, 0.25) is 0 Å². The summed E-state index contributed by atoms with van der Waals surface area (Å²) in [6.45, 7) is 0. The third kappa shape index (κ3) is 1.95. The lowest BCUT2D eigenvalue weighted by atomic mass is 10.1. The van der Waals surface area contributed by atoms with E-state index in [1.54, 1.807) is 10.7 Å². The molecule has 2 heterocycles. The van der Waals surface area contributed by atoms with Gasteiger partial charge in [0.15, 0.2) is 5.65 Å². The molecule has 0 aliphatic carbocycles. The highest BCUT2D eigenvalue weighted by molar-refractivity contribution is 5.39. The molecule has 3 aromatic rings. The molecule has 0 radical (unpaired) electrons. The Hall–Kier alpha value is -2.30. The fourth-order valence-electron chi connectivity index (χ4n) is 1.86. The largest absolute Gasteiger partial charge is 0.289 e. The van der Waals surface area contributed by atoms with Gasteiger partial charge in [-0.25, -0.2) is 8.78 Å². The van der Waals surface area contributed by atoms with Crippen LogP contribution >= 0.6 is 0 Å². The molecule has 5 heteroatoms. The Bertz CT molecular complexity index is 706. The van der Waals surface area contributed by atoms with E-state index in [0.29, 0.717) is 12.0 Å². The van der Waals surface area contributed by atoms with Gasteiger partial charge in [0.25, 0.3) is 0 Å². The minimum absolute atomic E-state index is 0.403. The van der Waals surface area contributed by atoms with Gasteiger partial charge in [0.05, 0.1) is 0 Å². The predicted octanol–water partition coefficient (Wildman–Crippen LogP) is 2.60. The average molecular weight is 245 g/mol. The molecule has 0 amide bonds. The molecule has 18 heavy (non-hydrogen) atoms. The Balaban J connectivity index is 1.95. The third-order valence-electron chi connectivity index (χ3n) is 2.76. The Morgan fingerprint density at radius 1 is 1.11 bits per heavy atom. The Kier molecular flexibility index (Phi) is 2.51. The standard InChI is InChI=1S/C13H9F2N3/c14-11-3-2-10(12(15)6-11)5-9-1-4-13-17-16-8-18(13)7-9/h1-4,6-8H,5H2. The summed E-state index contributed by atoms with van der Waals surface area (Å²) in [5.41, 5.74) is 2.11. The number of fused-ring (bicyclic) bond motifs is 1. The van der Waals surface area contributed by atoms with Gasteiger partial charge >= 0.3 is 0 Å². The molecule has 90 valence electrons. The van der Waals surface area contributed by atoms with Gasteiger partial charge in [-0.05, 0) is 23.3 Å². The maximum absolute atomic E-state index is 13.5. The molecular weight excluding hydrogens is 236 g/mol. The van der Waals surface area contributed by atoms with Crippen molar-refractivity contribution in [2.45, 2.75) is 6.42 Å². The zero-order valence-corrected chi connectivity index (χ0v) is 9.35. The van der Waals surface area contributed by atoms with Gasteiger partial charge < -0.3 is 0 Å². The van der Waals surface area contributed by atoms with E-state index >= 15 is 0 Å². The van der Waals surface area contributed by atoms with E-state index in [9.17, 15) is 8.78 Å². The minimum Gasteiger partial charge on any atom is -0.289 e. The molecule has 0 aliphatic rings. The molecule has 0 bridgehead atoms. The molecular formula is C13H9F2N3. The Labute approximate surface area is 102 Å². The highest BCUT2D eigenvalue weighted by Crippen LogP contribution is 2.15. The van der Waals surface area contributed by atoms with Gasteiger partial charge in [-0.1, -0.05) is 12.1 Å². The van der Waals surface area contributed by atoms with Crippen LogP contribution in [0.15, 0.2) is 42.9 Å². The van der Waals surface area contributed by atoms with E-state index in [1.807, 2.05) is 18.3 Å². The summed E-state index contributed by atoms with van der Waals surface area (Å²) in [7, 11) is 0. The van der Waals surface area contributed by atoms with E-state index in [2.05, 4.69) is 10.2 Å². The third-order valence-corrected chi connectivity index (χ3v) is 2.76. The van der Waals surface area contributed by atoms with Crippen molar-refractivity contribution in [3.63, 3.8) is 0 Å². The minimum atomic E-state index is -0.564. The van der Waals surface area contributed by atoms with Crippen LogP contribution in [0.25, 0.3) is 5.65 Å². The summed E-state index contributed by atoms with van der Waals surface area (Å²) in [6, 6.07) is 7.28. The van der Waals surface area contributed by atoms with Crippen LogP contribution in [-0.4, -0.2) is 14.6 Å². The van der Waals surface area contributed by atoms with E-state index < -0.39 is 11.6 Å². The fourth-order valence-corrected chi connectivity index (χ4v) is 1.86. The van der Waals surface area contributed by atoms with Gasteiger partial charge in [-0.3, -0.25) is 4.40 Å². The van der Waals surface area contributed by atoms with E-state index in [4.69, 9.17) is 0 Å². The predicted molar refractivity (Wildman–Crippen MR) is 62.2 cm³/mol. The second kappa shape index (κ2) is 4.18. The molecule has 0 saturated heterocycles. The Morgan fingerprint density at radius 3 is 2.83 bits per heavy atom. The first-order valence-corrected chi connectivity index (χ1v) is 5.44. The van der Waals surface area contributed by atoms with Crippen molar-refractivity contribution in [1.29, 1.82) is 0 Å². The second-order valence-corrected chi connectivity index (χ2v) is 4.05. The summed E-state index contributed by atoms with van der Waals surface area (Å²) in [4.78, 5) is 0. The molecule has 2 aromatic heterocycles. The van der Waals surface area contributed by atoms with E-state index in [1.165, 1.54) is 12.1 Å². The summed E-state index contributed by atoms with van der Waals surface area (Å²) < 4.78 is 28.1. The van der Waals surface area contributed by atoms with Crippen molar-refractivity contribution < 1.29 is 8.78 Å². The zero-order chi connectivity index (χ0) is 12.5. The lowest BCUT2D eigenvalue weighted by molar-refractivity contribution is 0.574. The molecule has 0 saturated carbocycles. The lowest BCUT2D eigenvalue weighted by Crippen LogP contribution is -1.95. The second-order valence-electron chi connectivity index (χ2n) is 4.05. The van der Waals surface area contributed by atoms with Crippen LogP contribution in [0.4, 0.5) is 8.78 Å². The van der Waals surface area contributed by atoms with Crippen LogP contribution in [0.3, 0.4) is 0 Å². The van der Waals surface area contributed by atoms with Gasteiger partial charge in [0.1, 0.15) is 18.0 Å². The molecule has 0 aliphatic heterocycles. The fraction of sp³-hybridized carbons (Fsp3) is 0.0769. The van der Waals surface area contributed by atoms with Crippen molar-refractivity contribution in [2.24, 2.45) is 0 Å². The first kappa shape index (κ1) is 10.8. The van der Waals surface area contributed by atoms with Crippen molar-refractivity contribution in [3.05, 3.63) is 65.6 Å². The monoisotopic (exact) mass is 245 g/mol. The number of nitrogens with zero attached hydrogens (tertiary/aromatic N) is 3. The molecule has 3 nitrogen and oxygen atoms in total. The van der Waals surface area contributed by atoms with Crippen LogP contribution in [0, 0.1) is 11.6 Å². The molecule has 0 spiro atoms. The first-order valence-electron chi connectivity index (χ1n) is 5.44. The molecule has 0 atom stereocenters. The SMILES string of the molecule is Fc1ccc(Cc2ccc3nncn3c2)c(F)c1. The number of hydrogen-bond acceptors (Lipinski definition) is 2. The number of aromatic nitrogens is 3. The topological polar surface area (TPSA) is 30.2 Å². The maximum Gasteiger partial charge on any atom is 0.160 e. The van der Waals surface area contributed by atoms with Crippen molar-refractivity contribution in [3.8, 4) is 0 Å². The van der Waals surface area contributed by atoms with Gasteiger partial charge in [-0.2, -0.15) is 0 Å². The molecule has 0 N–H and O–H groups in total. The summed E-state index contributed by atoms with van der Waals surface area (Å²) >= 11 is 0. The van der Waals surface area contributed by atoms with Crippen LogP contribution in [0.1, 0.15) is 11.1 Å². The number of hydrogen-bond donors (Lipinski definition) is 0. The normalized spacial score (nSPS) is 11.0. The first-order chi connectivity index (χ1) is 8.72. The zero-order valence-electron chi connectivity index (χ0n) is 9.35. The Morgan fingerprint density at radius 2 is 2.00 bits per heavy atom. The highest BCUT2D eigenvalue weighted by atomic mass is 19.1. The summed E-state index contributed by atoms with van der Waals surface area (Å²) in [5, 5.41) is 7.65. The van der Waals surface area contributed by atoms with Crippen LogP contribution in [0.2, 0.25) is 0 Å². The number of pyridine rings is 1. The highest BCUT2D eigenvalue weighted by Gasteiger charge is 2.05. The van der Waals surface area contributed by atoms with Crippen molar-refractivity contribution in [2.75, 3.05) is 0 Å². The molecule has 0 unspecified atom stereocenters. The average Bonchev–Trinajstić information content (AvgIpc) is 2.80. The number of rotatable bonds is 2. The number of benzene rings is 1. The van der Waals surface area contributed by atoms with E-state index in [0.717, 1.165) is 17.3 Å². The van der Waals surface area contributed by atoms with Crippen molar-refractivity contribution >= 4 is 5.65 Å². The lowest BCUT2D eigenvalue weighted by Gasteiger charge is -2.04.